The number of rotatable bonds is 7. The van der Waals surface area contributed by atoms with E-state index in [0.717, 1.165) is 30.8 Å². The summed E-state index contributed by atoms with van der Waals surface area (Å²) in [7, 11) is 0. The quantitative estimate of drug-likeness (QED) is 0.591. The zero-order chi connectivity index (χ0) is 26.6. The number of benzene rings is 2. The van der Waals surface area contributed by atoms with Crippen molar-refractivity contribution in [2.75, 3.05) is 36.8 Å². The molecule has 1 fully saturated rings. The van der Waals surface area contributed by atoms with Crippen molar-refractivity contribution in [1.29, 1.82) is 0 Å². The van der Waals surface area contributed by atoms with Crippen molar-refractivity contribution in [1.82, 2.24) is 15.1 Å². The molecular weight excluding hydrogens is 500 g/mol. The lowest BCUT2D eigenvalue weighted by molar-refractivity contribution is -0.135. The van der Waals surface area contributed by atoms with E-state index >= 15 is 0 Å². The third kappa shape index (κ3) is 5.45. The van der Waals surface area contributed by atoms with Gasteiger partial charge in [0.2, 0.25) is 11.8 Å². The van der Waals surface area contributed by atoms with Crippen LogP contribution < -0.4 is 10.2 Å². The largest absolute Gasteiger partial charge is 0.368 e. The Morgan fingerprint density at radius 3 is 2.50 bits per heavy atom. The highest BCUT2D eigenvalue weighted by atomic mass is 32.2. The Bertz CT molecular complexity index is 1270. The molecule has 0 aliphatic carbocycles. The number of nitrogens with zero attached hydrogens (tertiary/aromatic N) is 5. The van der Waals surface area contributed by atoms with Gasteiger partial charge in [0.15, 0.2) is 5.17 Å². The highest BCUT2D eigenvalue weighted by Gasteiger charge is 2.42. The molecule has 2 atom stereocenters. The van der Waals surface area contributed by atoms with Gasteiger partial charge in [0.05, 0.1) is 17.9 Å². The lowest BCUT2D eigenvalue weighted by Crippen LogP contribution is -2.50. The van der Waals surface area contributed by atoms with Gasteiger partial charge in [-0.2, -0.15) is 0 Å². The number of amidine groups is 2. The molecule has 3 aliphatic rings. The summed E-state index contributed by atoms with van der Waals surface area (Å²) in [5.74, 6) is 0.166. The van der Waals surface area contributed by atoms with E-state index in [2.05, 4.69) is 27.3 Å². The van der Waals surface area contributed by atoms with Crippen molar-refractivity contribution >= 4 is 51.9 Å². The third-order valence-corrected chi connectivity index (χ3v) is 7.96. The second-order valence-corrected chi connectivity index (χ2v) is 10.6. The number of fused-ring (bicyclic) bond motifs is 3. The minimum absolute atomic E-state index is 0.0127. The number of anilines is 1. The highest BCUT2D eigenvalue weighted by molar-refractivity contribution is 8.14. The van der Waals surface area contributed by atoms with Gasteiger partial charge in [0.1, 0.15) is 11.9 Å². The van der Waals surface area contributed by atoms with Crippen LogP contribution in [0.25, 0.3) is 0 Å². The molecular formula is C28H32N6O3S. The molecule has 38 heavy (non-hydrogen) atoms. The predicted octanol–water partition coefficient (Wildman–Crippen LogP) is 3.03. The summed E-state index contributed by atoms with van der Waals surface area (Å²) in [5, 5.41) is 3.36. The number of aliphatic imine (C=N–C) groups is 2. The molecule has 1 N–H and O–H groups in total. The van der Waals surface area contributed by atoms with E-state index < -0.39 is 6.04 Å². The van der Waals surface area contributed by atoms with Crippen LogP contribution in [0.5, 0.6) is 0 Å². The molecule has 0 aromatic heterocycles. The van der Waals surface area contributed by atoms with Crippen molar-refractivity contribution in [3.05, 3.63) is 60.2 Å². The summed E-state index contributed by atoms with van der Waals surface area (Å²) in [5.41, 5.74) is 2.60. The fourth-order valence-electron chi connectivity index (χ4n) is 4.73. The first-order chi connectivity index (χ1) is 18.4. The number of thioether (sulfide) groups is 1. The van der Waals surface area contributed by atoms with Gasteiger partial charge in [-0.25, -0.2) is 9.89 Å². The van der Waals surface area contributed by atoms with Gasteiger partial charge >= 0.3 is 0 Å². The van der Waals surface area contributed by atoms with Crippen molar-refractivity contribution in [3.63, 3.8) is 0 Å². The van der Waals surface area contributed by atoms with Crippen LogP contribution in [0.4, 0.5) is 11.4 Å². The summed E-state index contributed by atoms with van der Waals surface area (Å²) >= 11 is 1.21. The number of carbonyl (C=O) groups excluding carboxylic acids is 3. The van der Waals surface area contributed by atoms with Crippen LogP contribution in [0.3, 0.4) is 0 Å². The van der Waals surface area contributed by atoms with Gasteiger partial charge in [0, 0.05) is 43.5 Å². The van der Waals surface area contributed by atoms with Crippen molar-refractivity contribution in [2.24, 2.45) is 9.98 Å². The zero-order valence-electron chi connectivity index (χ0n) is 21.7. The Balaban J connectivity index is 1.26. The van der Waals surface area contributed by atoms with E-state index in [1.807, 2.05) is 61.2 Å². The van der Waals surface area contributed by atoms with E-state index in [0.29, 0.717) is 29.8 Å². The Labute approximate surface area is 227 Å². The number of carbonyl (C=O) groups is 3. The van der Waals surface area contributed by atoms with E-state index in [1.165, 1.54) is 16.7 Å². The lowest BCUT2D eigenvalue weighted by Gasteiger charge is -2.36. The van der Waals surface area contributed by atoms with Crippen molar-refractivity contribution < 1.29 is 14.4 Å². The number of hydrogen-bond donors (Lipinski definition) is 1. The normalized spacial score (nSPS) is 19.4. The minimum Gasteiger partial charge on any atom is -0.368 e. The Kier molecular flexibility index (Phi) is 7.78. The van der Waals surface area contributed by atoms with Crippen LogP contribution in [0.15, 0.2) is 64.6 Å². The van der Waals surface area contributed by atoms with Gasteiger partial charge in [-0.3, -0.25) is 19.4 Å². The molecule has 10 heteroatoms. The molecule has 3 aliphatic heterocycles. The zero-order valence-corrected chi connectivity index (χ0v) is 22.5. The van der Waals surface area contributed by atoms with Crippen molar-refractivity contribution in [2.45, 2.75) is 38.8 Å². The molecule has 3 heterocycles. The molecule has 5 rings (SSSR count). The fraction of sp³-hybridized carbons (Fsp3) is 0.393. The van der Waals surface area contributed by atoms with Crippen molar-refractivity contribution in [3.8, 4) is 0 Å². The summed E-state index contributed by atoms with van der Waals surface area (Å²) in [6.45, 7) is 6.66. The first-order valence-electron chi connectivity index (χ1n) is 13.0. The maximum Gasteiger partial charge on any atom is 0.259 e. The van der Waals surface area contributed by atoms with Crippen LogP contribution in [0.2, 0.25) is 0 Å². The second kappa shape index (κ2) is 11.4. The standard InChI is InChI=1S/C28H32N6O3S/c1-3-19(2)29-24(35)18-38-28-31-22-12-8-7-11-21(22)26-30-23(27(37)34(26)28)17-25(36)33-15-13-32(14-16-33)20-9-5-4-6-10-20/h4-12,19,23H,3,13-18H2,1-2H3,(H,29,35)/t19-,23-/m0/s1. The van der Waals surface area contributed by atoms with Gasteiger partial charge in [-0.15, -0.1) is 0 Å². The van der Waals surface area contributed by atoms with Crippen LogP contribution >= 0.6 is 11.8 Å². The molecule has 0 radical (unpaired) electrons. The first-order valence-corrected chi connectivity index (χ1v) is 14.0. The highest BCUT2D eigenvalue weighted by Crippen LogP contribution is 2.34. The molecule has 0 unspecified atom stereocenters. The Morgan fingerprint density at radius 2 is 1.76 bits per heavy atom. The van der Waals surface area contributed by atoms with E-state index in [1.54, 1.807) is 0 Å². The monoisotopic (exact) mass is 532 g/mol. The summed E-state index contributed by atoms with van der Waals surface area (Å²) in [4.78, 5) is 54.1. The third-order valence-electron chi connectivity index (χ3n) is 7.02. The molecule has 0 bridgehead atoms. The topological polar surface area (TPSA) is 97.7 Å². The number of piperazine rings is 1. The Hall–Kier alpha value is -3.66. The van der Waals surface area contributed by atoms with E-state index in [-0.39, 0.29) is 35.9 Å². The molecule has 1 saturated heterocycles. The maximum absolute atomic E-state index is 13.5. The van der Waals surface area contributed by atoms with Gasteiger partial charge in [-0.1, -0.05) is 49.0 Å². The number of amides is 3. The van der Waals surface area contributed by atoms with Crippen LogP contribution in [-0.2, 0) is 14.4 Å². The molecule has 9 nitrogen and oxygen atoms in total. The van der Waals surface area contributed by atoms with E-state index in [9.17, 15) is 14.4 Å². The second-order valence-electron chi connectivity index (χ2n) is 9.63. The van der Waals surface area contributed by atoms with Crippen LogP contribution in [-0.4, -0.2) is 82.5 Å². The average molecular weight is 533 g/mol. The number of nitrogens with one attached hydrogen (secondary N) is 1. The molecule has 0 spiro atoms. The fourth-order valence-corrected chi connectivity index (χ4v) is 5.54. The van der Waals surface area contributed by atoms with Crippen LogP contribution in [0.1, 0.15) is 32.3 Å². The van der Waals surface area contributed by atoms with E-state index in [4.69, 9.17) is 4.99 Å². The predicted molar refractivity (Wildman–Crippen MR) is 151 cm³/mol. The summed E-state index contributed by atoms with van der Waals surface area (Å²) < 4.78 is 0. The van der Waals surface area contributed by atoms with Gasteiger partial charge in [-0.05, 0) is 37.6 Å². The first kappa shape index (κ1) is 26.0. The maximum atomic E-state index is 13.5. The molecule has 3 amide bonds. The van der Waals surface area contributed by atoms with Crippen LogP contribution in [0, 0.1) is 0 Å². The van der Waals surface area contributed by atoms with Gasteiger partial charge in [0.25, 0.3) is 5.91 Å². The SMILES string of the molecule is CC[C@H](C)NC(=O)CSC1=Nc2ccccc2C2=N[C@@H](CC(=O)N3CCN(c4ccccc4)CC3)C(=O)N12. The van der Waals surface area contributed by atoms with Gasteiger partial charge < -0.3 is 15.1 Å². The summed E-state index contributed by atoms with van der Waals surface area (Å²) in [6.07, 6.45) is 0.849. The smallest absolute Gasteiger partial charge is 0.259 e. The average Bonchev–Trinajstić information content (AvgIpc) is 3.28. The molecule has 198 valence electrons. The lowest BCUT2D eigenvalue weighted by atomic mass is 10.1. The minimum atomic E-state index is -0.810. The molecule has 0 saturated carbocycles. The number of hydrogen-bond acceptors (Lipinski definition) is 7. The number of para-hydroxylation sites is 2. The summed E-state index contributed by atoms with van der Waals surface area (Å²) in [6, 6.07) is 16.9. The molecule has 2 aromatic rings. The molecule has 2 aromatic carbocycles. The Morgan fingerprint density at radius 1 is 1.05 bits per heavy atom.